The summed E-state index contributed by atoms with van der Waals surface area (Å²) in [5.74, 6) is 0.502. The Bertz CT molecular complexity index is 689. The number of nitrogens with zero attached hydrogens (tertiary/aromatic N) is 2. The zero-order chi connectivity index (χ0) is 13.1. The van der Waals surface area contributed by atoms with Gasteiger partial charge < -0.3 is 4.98 Å². The first-order valence-electron chi connectivity index (χ1n) is 6.25. The molecular formula is C16H13N3. The lowest BCUT2D eigenvalue weighted by Crippen LogP contribution is -2.02. The highest BCUT2D eigenvalue weighted by Crippen LogP contribution is 2.20. The van der Waals surface area contributed by atoms with E-state index in [4.69, 9.17) is 0 Å². The summed E-state index contributed by atoms with van der Waals surface area (Å²) in [6, 6.07) is 20.2. The second-order valence-electron chi connectivity index (χ2n) is 4.51. The van der Waals surface area contributed by atoms with Crippen molar-refractivity contribution in [1.29, 1.82) is 5.26 Å². The first kappa shape index (κ1) is 11.5. The highest BCUT2D eigenvalue weighted by Gasteiger charge is 2.15. The lowest BCUT2D eigenvalue weighted by atomic mass is 10.0. The Morgan fingerprint density at radius 2 is 1.79 bits per heavy atom. The zero-order valence-corrected chi connectivity index (χ0v) is 10.4. The molecule has 0 aliphatic heterocycles. The highest BCUT2D eigenvalue weighted by atomic mass is 14.9. The zero-order valence-electron chi connectivity index (χ0n) is 10.4. The molecule has 0 spiro atoms. The van der Waals surface area contributed by atoms with E-state index in [2.05, 4.69) is 16.0 Å². The number of aromatic nitrogens is 2. The van der Waals surface area contributed by atoms with Gasteiger partial charge in [-0.2, -0.15) is 5.26 Å². The molecule has 3 aromatic rings. The molecule has 2 aromatic carbocycles. The number of nitriles is 1. The van der Waals surface area contributed by atoms with Crippen LogP contribution in [-0.2, 0) is 6.42 Å². The average Bonchev–Trinajstić information content (AvgIpc) is 2.89. The van der Waals surface area contributed by atoms with Crippen LogP contribution < -0.4 is 0 Å². The van der Waals surface area contributed by atoms with Gasteiger partial charge in [-0.1, -0.05) is 42.5 Å². The summed E-state index contributed by atoms with van der Waals surface area (Å²) in [6.07, 6.45) is 0.678. The van der Waals surface area contributed by atoms with E-state index in [1.807, 2.05) is 54.6 Å². The van der Waals surface area contributed by atoms with Crippen LogP contribution in [0, 0.1) is 11.3 Å². The van der Waals surface area contributed by atoms with E-state index in [0.717, 1.165) is 22.4 Å². The molecule has 0 radical (unpaired) electrons. The molecule has 19 heavy (non-hydrogen) atoms. The quantitative estimate of drug-likeness (QED) is 0.771. The number of nitrogens with one attached hydrogen (secondary N) is 1. The van der Waals surface area contributed by atoms with E-state index >= 15 is 0 Å². The number of benzene rings is 2. The predicted molar refractivity (Wildman–Crippen MR) is 74.6 cm³/mol. The second-order valence-corrected chi connectivity index (χ2v) is 4.51. The number of fused-ring (bicyclic) bond motifs is 1. The highest BCUT2D eigenvalue weighted by molar-refractivity contribution is 5.74. The molecular weight excluding hydrogens is 234 g/mol. The van der Waals surface area contributed by atoms with Gasteiger partial charge in [0.1, 0.15) is 11.7 Å². The number of para-hydroxylation sites is 2. The van der Waals surface area contributed by atoms with Crippen LogP contribution in [0.1, 0.15) is 17.3 Å². The fraction of sp³-hybridized carbons (Fsp3) is 0.125. The minimum absolute atomic E-state index is 0.241. The van der Waals surface area contributed by atoms with Crippen LogP contribution in [0.4, 0.5) is 0 Å². The summed E-state index contributed by atoms with van der Waals surface area (Å²) < 4.78 is 0. The molecule has 1 heterocycles. The summed E-state index contributed by atoms with van der Waals surface area (Å²) >= 11 is 0. The summed E-state index contributed by atoms with van der Waals surface area (Å²) in [6.45, 7) is 0. The monoisotopic (exact) mass is 247 g/mol. The number of aromatic amines is 1. The third-order valence-corrected chi connectivity index (χ3v) is 3.18. The number of imidazole rings is 1. The van der Waals surface area contributed by atoms with E-state index in [1.165, 1.54) is 0 Å². The molecule has 1 aromatic heterocycles. The maximum atomic E-state index is 9.36. The molecule has 0 aliphatic rings. The van der Waals surface area contributed by atoms with Gasteiger partial charge >= 0.3 is 0 Å². The molecule has 3 nitrogen and oxygen atoms in total. The van der Waals surface area contributed by atoms with Gasteiger partial charge in [0.25, 0.3) is 0 Å². The van der Waals surface area contributed by atoms with Crippen LogP contribution >= 0.6 is 0 Å². The lowest BCUT2D eigenvalue weighted by Gasteiger charge is -2.05. The fourth-order valence-corrected chi connectivity index (χ4v) is 2.19. The summed E-state index contributed by atoms with van der Waals surface area (Å²) in [4.78, 5) is 7.74. The fourth-order valence-electron chi connectivity index (χ4n) is 2.19. The van der Waals surface area contributed by atoms with E-state index in [0.29, 0.717) is 6.42 Å². The molecule has 3 heteroatoms. The van der Waals surface area contributed by atoms with Gasteiger partial charge in [0.05, 0.1) is 17.1 Å². The average molecular weight is 247 g/mol. The largest absolute Gasteiger partial charge is 0.341 e. The predicted octanol–water partition coefficient (Wildman–Crippen LogP) is 3.41. The maximum Gasteiger partial charge on any atom is 0.124 e. The summed E-state index contributed by atoms with van der Waals surface area (Å²) in [5, 5.41) is 9.36. The molecule has 0 unspecified atom stereocenters. The van der Waals surface area contributed by atoms with Crippen LogP contribution in [0.2, 0.25) is 0 Å². The third kappa shape index (κ3) is 2.34. The van der Waals surface area contributed by atoms with Crippen molar-refractivity contribution in [2.75, 3.05) is 0 Å². The van der Waals surface area contributed by atoms with E-state index < -0.39 is 0 Å². The van der Waals surface area contributed by atoms with Crippen LogP contribution in [-0.4, -0.2) is 9.97 Å². The third-order valence-electron chi connectivity index (χ3n) is 3.18. The van der Waals surface area contributed by atoms with Gasteiger partial charge in [0, 0.05) is 0 Å². The first-order valence-corrected chi connectivity index (χ1v) is 6.25. The number of H-pyrrole nitrogens is 1. The minimum atomic E-state index is -0.241. The second kappa shape index (κ2) is 4.95. The Hall–Kier alpha value is -2.60. The Kier molecular flexibility index (Phi) is 2.99. The summed E-state index contributed by atoms with van der Waals surface area (Å²) in [5.41, 5.74) is 3.03. The number of hydrogen-bond donors (Lipinski definition) is 1. The van der Waals surface area contributed by atoms with Gasteiger partial charge in [0.2, 0.25) is 0 Å². The lowest BCUT2D eigenvalue weighted by molar-refractivity contribution is 0.794. The van der Waals surface area contributed by atoms with Gasteiger partial charge in [0.15, 0.2) is 0 Å². The van der Waals surface area contributed by atoms with E-state index in [1.54, 1.807) is 0 Å². The Morgan fingerprint density at radius 3 is 2.53 bits per heavy atom. The maximum absolute atomic E-state index is 9.36. The minimum Gasteiger partial charge on any atom is -0.341 e. The van der Waals surface area contributed by atoms with Crippen molar-refractivity contribution < 1.29 is 0 Å². The van der Waals surface area contributed by atoms with E-state index in [9.17, 15) is 5.26 Å². The van der Waals surface area contributed by atoms with Gasteiger partial charge in [-0.25, -0.2) is 4.98 Å². The molecule has 0 fully saturated rings. The van der Waals surface area contributed by atoms with Crippen LogP contribution in [0.25, 0.3) is 11.0 Å². The Morgan fingerprint density at radius 1 is 1.05 bits per heavy atom. The van der Waals surface area contributed by atoms with Crippen LogP contribution in [0.5, 0.6) is 0 Å². The first-order chi connectivity index (χ1) is 9.36. The van der Waals surface area contributed by atoms with Crippen molar-refractivity contribution >= 4 is 11.0 Å². The smallest absolute Gasteiger partial charge is 0.124 e. The molecule has 0 saturated heterocycles. The van der Waals surface area contributed by atoms with Crippen LogP contribution in [0.15, 0.2) is 54.6 Å². The summed E-state index contributed by atoms with van der Waals surface area (Å²) in [7, 11) is 0. The molecule has 0 aliphatic carbocycles. The molecule has 0 bridgehead atoms. The van der Waals surface area contributed by atoms with Crippen molar-refractivity contribution in [3.63, 3.8) is 0 Å². The molecule has 92 valence electrons. The molecule has 0 saturated carbocycles. The van der Waals surface area contributed by atoms with Gasteiger partial charge in [-0.3, -0.25) is 0 Å². The standard InChI is InChI=1S/C16H13N3/c17-11-13(10-12-6-2-1-3-7-12)16-18-14-8-4-5-9-15(14)19-16/h1-9,13H,10H2,(H,18,19)/t13-/m1/s1. The van der Waals surface area contributed by atoms with Crippen molar-refractivity contribution in [3.05, 3.63) is 66.0 Å². The molecule has 3 rings (SSSR count). The normalized spacial score (nSPS) is 12.2. The van der Waals surface area contributed by atoms with Gasteiger partial charge in [-0.05, 0) is 24.1 Å². The number of rotatable bonds is 3. The van der Waals surface area contributed by atoms with Crippen molar-refractivity contribution in [2.24, 2.45) is 0 Å². The van der Waals surface area contributed by atoms with Crippen molar-refractivity contribution in [1.82, 2.24) is 9.97 Å². The Labute approximate surface area is 111 Å². The molecule has 1 atom stereocenters. The number of hydrogen-bond acceptors (Lipinski definition) is 2. The molecule has 0 amide bonds. The van der Waals surface area contributed by atoms with Crippen molar-refractivity contribution in [3.8, 4) is 6.07 Å². The molecule has 1 N–H and O–H groups in total. The van der Waals surface area contributed by atoms with Crippen LogP contribution in [0.3, 0.4) is 0 Å². The van der Waals surface area contributed by atoms with E-state index in [-0.39, 0.29) is 5.92 Å². The van der Waals surface area contributed by atoms with Gasteiger partial charge in [-0.15, -0.1) is 0 Å². The Balaban J connectivity index is 1.92. The SMILES string of the molecule is N#C[C@@H](Cc1ccccc1)c1nc2ccccc2[nH]1. The van der Waals surface area contributed by atoms with Crippen molar-refractivity contribution in [2.45, 2.75) is 12.3 Å². The topological polar surface area (TPSA) is 52.5 Å².